The average molecular weight is 273 g/mol. The summed E-state index contributed by atoms with van der Waals surface area (Å²) in [5.41, 5.74) is 2.19. The highest BCUT2D eigenvalue weighted by molar-refractivity contribution is 5.66. The molecule has 4 heteroatoms. The summed E-state index contributed by atoms with van der Waals surface area (Å²) in [5, 5.41) is 3.20. The Morgan fingerprint density at radius 2 is 2.00 bits per heavy atom. The van der Waals surface area contributed by atoms with Crippen molar-refractivity contribution in [1.82, 2.24) is 9.97 Å². The molecule has 0 saturated carbocycles. The first-order valence-electron chi connectivity index (χ1n) is 6.91. The Morgan fingerprint density at radius 3 is 2.65 bits per heavy atom. The molecule has 0 aliphatic rings. The van der Waals surface area contributed by atoms with Crippen molar-refractivity contribution in [2.45, 2.75) is 33.6 Å². The lowest BCUT2D eigenvalue weighted by Gasteiger charge is -2.12. The molecule has 0 bridgehead atoms. The van der Waals surface area contributed by atoms with Crippen molar-refractivity contribution in [3.8, 4) is 11.3 Å². The minimum absolute atomic E-state index is 0.211. The van der Waals surface area contributed by atoms with Gasteiger partial charge >= 0.3 is 0 Å². The quantitative estimate of drug-likeness (QED) is 0.909. The van der Waals surface area contributed by atoms with Crippen molar-refractivity contribution < 1.29 is 4.39 Å². The highest BCUT2D eigenvalue weighted by Gasteiger charge is 2.12. The first kappa shape index (κ1) is 14.4. The maximum Gasteiger partial charge on any atom is 0.133 e. The van der Waals surface area contributed by atoms with E-state index in [4.69, 9.17) is 0 Å². The van der Waals surface area contributed by atoms with Gasteiger partial charge in [-0.1, -0.05) is 26.0 Å². The number of benzene rings is 1. The summed E-state index contributed by atoms with van der Waals surface area (Å²) in [7, 11) is 0. The molecule has 0 spiro atoms. The van der Waals surface area contributed by atoms with Gasteiger partial charge < -0.3 is 5.32 Å². The van der Waals surface area contributed by atoms with Crippen LogP contribution in [0.1, 0.15) is 38.1 Å². The third kappa shape index (κ3) is 2.95. The molecule has 20 heavy (non-hydrogen) atoms. The number of nitrogens with one attached hydrogen (secondary N) is 1. The highest BCUT2D eigenvalue weighted by atomic mass is 19.1. The topological polar surface area (TPSA) is 37.8 Å². The van der Waals surface area contributed by atoms with E-state index in [0.717, 1.165) is 29.4 Å². The van der Waals surface area contributed by atoms with Crippen LogP contribution in [0.15, 0.2) is 24.3 Å². The van der Waals surface area contributed by atoms with Gasteiger partial charge in [0.25, 0.3) is 0 Å². The van der Waals surface area contributed by atoms with Crippen LogP contribution in [0.25, 0.3) is 11.3 Å². The van der Waals surface area contributed by atoms with Gasteiger partial charge in [0.15, 0.2) is 0 Å². The van der Waals surface area contributed by atoms with Crippen LogP contribution >= 0.6 is 0 Å². The van der Waals surface area contributed by atoms with E-state index < -0.39 is 0 Å². The maximum absolute atomic E-state index is 13.7. The van der Waals surface area contributed by atoms with E-state index in [2.05, 4.69) is 15.3 Å². The number of nitrogens with zero attached hydrogens (tertiary/aromatic N) is 2. The Labute approximate surface area is 119 Å². The van der Waals surface area contributed by atoms with E-state index in [0.29, 0.717) is 5.56 Å². The first-order chi connectivity index (χ1) is 9.52. The zero-order valence-electron chi connectivity index (χ0n) is 12.4. The fourth-order valence-electron chi connectivity index (χ4n) is 2.02. The van der Waals surface area contributed by atoms with Gasteiger partial charge in [-0.25, -0.2) is 14.4 Å². The predicted octanol–water partition coefficient (Wildman–Crippen LogP) is 4.15. The number of anilines is 1. The molecule has 1 aromatic heterocycles. The fraction of sp³-hybridized carbons (Fsp3) is 0.375. The molecule has 2 rings (SSSR count). The van der Waals surface area contributed by atoms with Crippen molar-refractivity contribution in [2.24, 2.45) is 0 Å². The molecule has 0 unspecified atom stereocenters. The first-order valence-corrected chi connectivity index (χ1v) is 6.91. The van der Waals surface area contributed by atoms with Gasteiger partial charge in [-0.05, 0) is 25.5 Å². The minimum Gasteiger partial charge on any atom is -0.370 e. The zero-order chi connectivity index (χ0) is 14.7. The van der Waals surface area contributed by atoms with E-state index in [1.165, 1.54) is 6.07 Å². The van der Waals surface area contributed by atoms with Gasteiger partial charge in [-0.15, -0.1) is 0 Å². The van der Waals surface area contributed by atoms with Gasteiger partial charge in [0, 0.05) is 24.1 Å². The predicted molar refractivity (Wildman–Crippen MR) is 80.4 cm³/mol. The van der Waals surface area contributed by atoms with E-state index in [1.54, 1.807) is 13.0 Å². The van der Waals surface area contributed by atoms with Crippen LogP contribution in [0.2, 0.25) is 0 Å². The van der Waals surface area contributed by atoms with Crippen LogP contribution in [0.3, 0.4) is 0 Å². The SMILES string of the molecule is CCNc1cc(-c2cccc(F)c2C)nc(C(C)C)n1. The lowest BCUT2D eigenvalue weighted by molar-refractivity contribution is 0.619. The lowest BCUT2D eigenvalue weighted by Crippen LogP contribution is -2.06. The van der Waals surface area contributed by atoms with E-state index in [9.17, 15) is 4.39 Å². The molecule has 1 N–H and O–H groups in total. The zero-order valence-corrected chi connectivity index (χ0v) is 12.4. The molecule has 0 aliphatic heterocycles. The van der Waals surface area contributed by atoms with Crippen LogP contribution < -0.4 is 5.32 Å². The monoisotopic (exact) mass is 273 g/mol. The Balaban J connectivity index is 2.57. The summed E-state index contributed by atoms with van der Waals surface area (Å²) in [6.45, 7) is 8.68. The van der Waals surface area contributed by atoms with Crippen molar-refractivity contribution in [3.05, 3.63) is 41.5 Å². The Hall–Kier alpha value is -1.97. The molecule has 1 aromatic carbocycles. The molecular weight excluding hydrogens is 253 g/mol. The second kappa shape index (κ2) is 5.99. The Morgan fingerprint density at radius 1 is 1.25 bits per heavy atom. The second-order valence-electron chi connectivity index (χ2n) is 5.09. The molecule has 3 nitrogen and oxygen atoms in total. The van der Waals surface area contributed by atoms with Crippen molar-refractivity contribution >= 4 is 5.82 Å². The molecule has 0 radical (unpaired) electrons. The van der Waals surface area contributed by atoms with Gasteiger partial charge in [-0.2, -0.15) is 0 Å². The van der Waals surface area contributed by atoms with Gasteiger partial charge in [0.05, 0.1) is 5.69 Å². The normalized spacial score (nSPS) is 10.9. The summed E-state index contributed by atoms with van der Waals surface area (Å²) in [5.74, 6) is 1.56. The second-order valence-corrected chi connectivity index (χ2v) is 5.09. The molecular formula is C16H20FN3. The summed E-state index contributed by atoms with van der Waals surface area (Å²) < 4.78 is 13.7. The molecule has 0 atom stereocenters. The summed E-state index contributed by atoms with van der Waals surface area (Å²) in [6, 6.07) is 6.94. The Bertz CT molecular complexity index is 609. The van der Waals surface area contributed by atoms with Crippen molar-refractivity contribution in [1.29, 1.82) is 0 Å². The molecule has 2 aromatic rings. The van der Waals surface area contributed by atoms with E-state index in [1.807, 2.05) is 32.9 Å². The third-order valence-corrected chi connectivity index (χ3v) is 3.16. The van der Waals surface area contributed by atoms with Gasteiger partial charge in [0.1, 0.15) is 17.5 Å². The standard InChI is InChI=1S/C16H20FN3/c1-5-18-15-9-14(19-16(20-15)10(2)3)12-7-6-8-13(17)11(12)4/h6-10H,5H2,1-4H3,(H,18,19,20). The van der Waals surface area contributed by atoms with Crippen molar-refractivity contribution in [2.75, 3.05) is 11.9 Å². The summed E-state index contributed by atoms with van der Waals surface area (Å²) in [6.07, 6.45) is 0. The van der Waals surface area contributed by atoms with Crippen molar-refractivity contribution in [3.63, 3.8) is 0 Å². The van der Waals surface area contributed by atoms with Crippen LogP contribution in [0.4, 0.5) is 10.2 Å². The smallest absolute Gasteiger partial charge is 0.133 e. The van der Waals surface area contributed by atoms with Crippen LogP contribution in [-0.2, 0) is 0 Å². The number of rotatable bonds is 4. The summed E-state index contributed by atoms with van der Waals surface area (Å²) in [4.78, 5) is 9.05. The molecule has 0 aliphatic carbocycles. The van der Waals surface area contributed by atoms with Gasteiger partial charge in [0.2, 0.25) is 0 Å². The molecule has 106 valence electrons. The fourth-order valence-corrected chi connectivity index (χ4v) is 2.02. The highest BCUT2D eigenvalue weighted by Crippen LogP contribution is 2.26. The average Bonchev–Trinajstić information content (AvgIpc) is 2.42. The maximum atomic E-state index is 13.7. The largest absolute Gasteiger partial charge is 0.370 e. The van der Waals surface area contributed by atoms with Crippen LogP contribution in [0, 0.1) is 12.7 Å². The lowest BCUT2D eigenvalue weighted by atomic mass is 10.0. The molecule has 0 saturated heterocycles. The summed E-state index contributed by atoms with van der Waals surface area (Å²) >= 11 is 0. The van der Waals surface area contributed by atoms with Crippen LogP contribution in [0.5, 0.6) is 0 Å². The molecule has 1 heterocycles. The number of hydrogen-bond acceptors (Lipinski definition) is 3. The van der Waals surface area contributed by atoms with E-state index in [-0.39, 0.29) is 11.7 Å². The third-order valence-electron chi connectivity index (χ3n) is 3.16. The molecule has 0 amide bonds. The van der Waals surface area contributed by atoms with Crippen LogP contribution in [-0.4, -0.2) is 16.5 Å². The minimum atomic E-state index is -0.211. The number of halogens is 1. The Kier molecular flexibility index (Phi) is 4.32. The number of aromatic nitrogens is 2. The van der Waals surface area contributed by atoms with E-state index >= 15 is 0 Å². The van der Waals surface area contributed by atoms with Gasteiger partial charge in [-0.3, -0.25) is 0 Å². The number of hydrogen-bond donors (Lipinski definition) is 1. The molecule has 0 fully saturated rings.